The highest BCUT2D eigenvalue weighted by Crippen LogP contribution is 2.33. The molecule has 1 spiro atoms. The van der Waals surface area contributed by atoms with Gasteiger partial charge in [0.2, 0.25) is 5.91 Å². The molecule has 0 unspecified atom stereocenters. The van der Waals surface area contributed by atoms with Crippen LogP contribution in [0.1, 0.15) is 49.7 Å². The zero-order valence-corrected chi connectivity index (χ0v) is 15.3. The second kappa shape index (κ2) is 7.89. The Balaban J connectivity index is 1.45. The molecular formula is C20H27N3O3. The standard InChI is InChI=1S/C20H27N3O3/c1-15-7-3-4-8-16(15)9-13-21-17(24)10-14-23-18(25)20(22-19(23)26)11-5-2-6-12-20/h3-4,7-8H,2,5-6,9-14H2,1H3,(H,21,24)(H,22,26). The van der Waals surface area contributed by atoms with Crippen molar-refractivity contribution in [3.05, 3.63) is 35.4 Å². The van der Waals surface area contributed by atoms with Crippen LogP contribution in [0.15, 0.2) is 24.3 Å². The van der Waals surface area contributed by atoms with Crippen molar-refractivity contribution in [3.8, 4) is 0 Å². The Bertz CT molecular complexity index is 695. The molecule has 1 aliphatic heterocycles. The molecule has 0 radical (unpaired) electrons. The molecule has 1 aromatic rings. The summed E-state index contributed by atoms with van der Waals surface area (Å²) in [5.74, 6) is -0.293. The normalized spacial score (nSPS) is 18.9. The van der Waals surface area contributed by atoms with Gasteiger partial charge < -0.3 is 10.6 Å². The number of nitrogens with one attached hydrogen (secondary N) is 2. The summed E-state index contributed by atoms with van der Waals surface area (Å²) in [7, 11) is 0. The lowest BCUT2D eigenvalue weighted by Gasteiger charge is -2.30. The first kappa shape index (κ1) is 18.4. The topological polar surface area (TPSA) is 78.5 Å². The second-order valence-corrected chi connectivity index (χ2v) is 7.31. The van der Waals surface area contributed by atoms with E-state index in [4.69, 9.17) is 0 Å². The number of rotatable bonds is 6. The number of amides is 4. The van der Waals surface area contributed by atoms with Crippen LogP contribution in [0.2, 0.25) is 0 Å². The van der Waals surface area contributed by atoms with Crippen LogP contribution in [-0.4, -0.2) is 41.4 Å². The molecule has 1 aliphatic carbocycles. The van der Waals surface area contributed by atoms with Crippen molar-refractivity contribution >= 4 is 17.8 Å². The minimum absolute atomic E-state index is 0.135. The van der Waals surface area contributed by atoms with E-state index in [2.05, 4.69) is 29.7 Å². The molecule has 2 aliphatic rings. The lowest BCUT2D eigenvalue weighted by molar-refractivity contribution is -0.132. The van der Waals surface area contributed by atoms with Crippen LogP contribution in [0.25, 0.3) is 0 Å². The summed E-state index contributed by atoms with van der Waals surface area (Å²) in [5, 5.41) is 5.74. The van der Waals surface area contributed by atoms with Gasteiger partial charge in [-0.3, -0.25) is 14.5 Å². The van der Waals surface area contributed by atoms with Crippen molar-refractivity contribution in [1.29, 1.82) is 0 Å². The van der Waals surface area contributed by atoms with Gasteiger partial charge in [0.15, 0.2) is 0 Å². The Morgan fingerprint density at radius 1 is 1.19 bits per heavy atom. The third kappa shape index (κ3) is 3.89. The summed E-state index contributed by atoms with van der Waals surface area (Å²) < 4.78 is 0. The number of carbonyl (C=O) groups is 3. The Labute approximate surface area is 154 Å². The summed E-state index contributed by atoms with van der Waals surface area (Å²) in [6.45, 7) is 2.74. The van der Waals surface area contributed by atoms with Gasteiger partial charge in [0, 0.05) is 19.5 Å². The summed E-state index contributed by atoms with van der Waals surface area (Å²) in [6.07, 6.45) is 5.34. The average molecular weight is 357 g/mol. The first-order chi connectivity index (χ1) is 12.5. The number of carbonyl (C=O) groups excluding carboxylic acids is 3. The van der Waals surface area contributed by atoms with Crippen molar-refractivity contribution < 1.29 is 14.4 Å². The monoisotopic (exact) mass is 357 g/mol. The third-order valence-corrected chi connectivity index (χ3v) is 5.49. The van der Waals surface area contributed by atoms with Crippen LogP contribution in [0, 0.1) is 6.92 Å². The highest BCUT2D eigenvalue weighted by Gasteiger charge is 2.50. The Morgan fingerprint density at radius 3 is 2.65 bits per heavy atom. The molecule has 1 saturated carbocycles. The highest BCUT2D eigenvalue weighted by molar-refractivity contribution is 6.07. The SMILES string of the molecule is Cc1ccccc1CCNC(=O)CCN1C(=O)NC2(CCCCC2)C1=O. The smallest absolute Gasteiger partial charge is 0.325 e. The minimum atomic E-state index is -0.712. The quantitative estimate of drug-likeness (QED) is 0.767. The van der Waals surface area contributed by atoms with Crippen LogP contribution in [0.3, 0.4) is 0 Å². The van der Waals surface area contributed by atoms with Gasteiger partial charge >= 0.3 is 6.03 Å². The van der Waals surface area contributed by atoms with Gasteiger partial charge in [0.25, 0.3) is 5.91 Å². The first-order valence-corrected chi connectivity index (χ1v) is 9.47. The third-order valence-electron chi connectivity index (χ3n) is 5.49. The van der Waals surface area contributed by atoms with Crippen LogP contribution in [0.4, 0.5) is 4.79 Å². The van der Waals surface area contributed by atoms with Crippen molar-refractivity contribution in [2.24, 2.45) is 0 Å². The van der Waals surface area contributed by atoms with E-state index in [9.17, 15) is 14.4 Å². The van der Waals surface area contributed by atoms with E-state index < -0.39 is 5.54 Å². The fourth-order valence-corrected chi connectivity index (χ4v) is 3.90. The zero-order chi connectivity index (χ0) is 18.6. The maximum atomic E-state index is 12.7. The molecule has 3 rings (SSSR count). The fourth-order valence-electron chi connectivity index (χ4n) is 3.90. The molecule has 2 fully saturated rings. The number of benzene rings is 1. The van der Waals surface area contributed by atoms with Gasteiger partial charge in [0.1, 0.15) is 5.54 Å². The van der Waals surface area contributed by atoms with E-state index in [1.165, 1.54) is 16.0 Å². The van der Waals surface area contributed by atoms with Crippen LogP contribution in [-0.2, 0) is 16.0 Å². The van der Waals surface area contributed by atoms with Gasteiger partial charge in [-0.05, 0) is 37.3 Å². The van der Waals surface area contributed by atoms with Crippen LogP contribution < -0.4 is 10.6 Å². The predicted octanol–water partition coefficient (Wildman–Crippen LogP) is 2.30. The molecular weight excluding hydrogens is 330 g/mol. The van der Waals surface area contributed by atoms with E-state index in [1.54, 1.807) is 0 Å². The van der Waals surface area contributed by atoms with Crippen molar-refractivity contribution in [3.63, 3.8) is 0 Å². The number of hydrogen-bond donors (Lipinski definition) is 2. The minimum Gasteiger partial charge on any atom is -0.356 e. The van der Waals surface area contributed by atoms with Crippen LogP contribution in [0.5, 0.6) is 0 Å². The molecule has 0 atom stereocenters. The van der Waals surface area contributed by atoms with Gasteiger partial charge in [0.05, 0.1) is 0 Å². The Kier molecular flexibility index (Phi) is 5.59. The summed E-state index contributed by atoms with van der Waals surface area (Å²) in [6, 6.07) is 7.73. The van der Waals surface area contributed by atoms with Crippen LogP contribution >= 0.6 is 0 Å². The van der Waals surface area contributed by atoms with Gasteiger partial charge in [-0.25, -0.2) is 4.79 Å². The van der Waals surface area contributed by atoms with Gasteiger partial charge in [-0.1, -0.05) is 43.5 Å². The van der Waals surface area contributed by atoms with E-state index >= 15 is 0 Å². The lowest BCUT2D eigenvalue weighted by Crippen LogP contribution is -2.48. The molecule has 1 aromatic carbocycles. The van der Waals surface area contributed by atoms with Crippen molar-refractivity contribution in [2.45, 2.75) is 57.4 Å². The molecule has 1 saturated heterocycles. The van der Waals surface area contributed by atoms with Crippen molar-refractivity contribution in [2.75, 3.05) is 13.1 Å². The summed E-state index contributed by atoms with van der Waals surface area (Å²) >= 11 is 0. The predicted molar refractivity (Wildman–Crippen MR) is 98.6 cm³/mol. The van der Waals surface area contributed by atoms with E-state index in [0.29, 0.717) is 19.4 Å². The van der Waals surface area contributed by atoms with Gasteiger partial charge in [-0.2, -0.15) is 0 Å². The fraction of sp³-hybridized carbons (Fsp3) is 0.550. The molecule has 0 aromatic heterocycles. The molecule has 6 heteroatoms. The van der Waals surface area contributed by atoms with Crippen molar-refractivity contribution in [1.82, 2.24) is 15.5 Å². The maximum absolute atomic E-state index is 12.7. The van der Waals surface area contributed by atoms with E-state index in [1.807, 2.05) is 12.1 Å². The molecule has 140 valence electrons. The molecule has 6 nitrogen and oxygen atoms in total. The number of nitrogens with zero attached hydrogens (tertiary/aromatic N) is 1. The molecule has 0 bridgehead atoms. The average Bonchev–Trinajstić information content (AvgIpc) is 2.85. The lowest BCUT2D eigenvalue weighted by atomic mass is 9.82. The summed E-state index contributed by atoms with van der Waals surface area (Å²) in [4.78, 5) is 38.1. The van der Waals surface area contributed by atoms with E-state index in [-0.39, 0.29) is 30.8 Å². The number of imide groups is 1. The first-order valence-electron chi connectivity index (χ1n) is 9.47. The summed E-state index contributed by atoms with van der Waals surface area (Å²) in [5.41, 5.74) is 1.71. The Morgan fingerprint density at radius 2 is 1.92 bits per heavy atom. The highest BCUT2D eigenvalue weighted by atomic mass is 16.2. The van der Waals surface area contributed by atoms with Gasteiger partial charge in [-0.15, -0.1) is 0 Å². The van der Waals surface area contributed by atoms with E-state index in [0.717, 1.165) is 25.7 Å². The number of aryl methyl sites for hydroxylation is 1. The second-order valence-electron chi connectivity index (χ2n) is 7.31. The maximum Gasteiger partial charge on any atom is 0.325 e. The molecule has 26 heavy (non-hydrogen) atoms. The number of hydrogen-bond acceptors (Lipinski definition) is 3. The largest absolute Gasteiger partial charge is 0.356 e. The molecule has 1 heterocycles. The molecule has 4 amide bonds. The number of urea groups is 1. The zero-order valence-electron chi connectivity index (χ0n) is 15.3. The molecule has 2 N–H and O–H groups in total. The Hall–Kier alpha value is -2.37.